The van der Waals surface area contributed by atoms with E-state index in [-0.39, 0.29) is 6.10 Å². The van der Waals surface area contributed by atoms with E-state index >= 15 is 0 Å². The molecule has 1 nitrogen and oxygen atoms in total. The summed E-state index contributed by atoms with van der Waals surface area (Å²) >= 11 is 3.53. The van der Waals surface area contributed by atoms with Gasteiger partial charge in [0.25, 0.3) is 0 Å². The molecule has 3 heteroatoms. The van der Waals surface area contributed by atoms with Crippen molar-refractivity contribution in [3.05, 3.63) is 21.9 Å². The fraction of sp³-hybridized carbons (Fsp3) is 0.500. The van der Waals surface area contributed by atoms with Gasteiger partial charge in [-0.25, -0.2) is 0 Å². The largest absolute Gasteiger partial charge is 0.387 e. The molecule has 11 heavy (non-hydrogen) atoms. The summed E-state index contributed by atoms with van der Waals surface area (Å²) in [5, 5.41) is 11.7. The average Bonchev–Trinajstić information content (AvgIpc) is 2.40. The van der Waals surface area contributed by atoms with Gasteiger partial charge in [-0.1, -0.05) is 0 Å². The van der Waals surface area contributed by atoms with E-state index in [1.807, 2.05) is 11.8 Å². The molecule has 0 aromatic carbocycles. The molecule has 1 aliphatic heterocycles. The number of fused-ring (bicyclic) bond motifs is 1. The zero-order valence-electron chi connectivity index (χ0n) is 6.12. The highest BCUT2D eigenvalue weighted by Crippen LogP contribution is 2.31. The second kappa shape index (κ2) is 3.17. The number of aliphatic hydroxyl groups excluding tert-OH is 1. The van der Waals surface area contributed by atoms with Crippen LogP contribution in [0.3, 0.4) is 0 Å². The van der Waals surface area contributed by atoms with Crippen LogP contribution in [0.4, 0.5) is 0 Å². The van der Waals surface area contributed by atoms with Gasteiger partial charge in [0.15, 0.2) is 0 Å². The van der Waals surface area contributed by atoms with Gasteiger partial charge in [0.1, 0.15) is 0 Å². The highest BCUT2D eigenvalue weighted by Gasteiger charge is 2.16. The molecular weight excluding hydrogens is 176 g/mol. The number of hydrogen-bond acceptors (Lipinski definition) is 3. The Bertz CT molecular complexity index is 244. The number of aryl methyl sites for hydroxylation is 1. The smallest absolute Gasteiger partial charge is 0.0974 e. The van der Waals surface area contributed by atoms with E-state index < -0.39 is 0 Å². The lowest BCUT2D eigenvalue weighted by Crippen LogP contribution is -1.96. The van der Waals surface area contributed by atoms with Crippen LogP contribution in [-0.2, 0) is 6.42 Å². The molecule has 0 fully saturated rings. The standard InChI is InChI=1S/C8H10OS2/c9-7-5-10-3-1-6-2-4-11-8(6)7/h2,4,7,9H,1,3,5H2. The molecule has 1 aromatic heterocycles. The van der Waals surface area contributed by atoms with Crippen molar-refractivity contribution in [2.45, 2.75) is 12.5 Å². The first-order valence-electron chi connectivity index (χ1n) is 3.70. The third-order valence-electron chi connectivity index (χ3n) is 1.87. The maximum Gasteiger partial charge on any atom is 0.0974 e. The Morgan fingerprint density at radius 1 is 1.55 bits per heavy atom. The van der Waals surface area contributed by atoms with E-state index in [1.165, 1.54) is 10.4 Å². The summed E-state index contributed by atoms with van der Waals surface area (Å²) in [7, 11) is 0. The van der Waals surface area contributed by atoms with Crippen LogP contribution in [0.5, 0.6) is 0 Å². The van der Waals surface area contributed by atoms with Crippen molar-refractivity contribution < 1.29 is 5.11 Å². The molecular formula is C8H10OS2. The van der Waals surface area contributed by atoms with Crippen LogP contribution >= 0.6 is 23.1 Å². The molecule has 0 bridgehead atoms. The number of thiophene rings is 1. The first kappa shape index (κ1) is 7.65. The molecule has 0 saturated carbocycles. The second-order valence-electron chi connectivity index (χ2n) is 2.65. The Morgan fingerprint density at radius 3 is 3.36 bits per heavy atom. The Hall–Kier alpha value is 0.01000. The van der Waals surface area contributed by atoms with Gasteiger partial charge < -0.3 is 5.11 Å². The topological polar surface area (TPSA) is 20.2 Å². The van der Waals surface area contributed by atoms with Crippen LogP contribution in [0.25, 0.3) is 0 Å². The van der Waals surface area contributed by atoms with Crippen LogP contribution in [0.15, 0.2) is 11.4 Å². The van der Waals surface area contributed by atoms with Crippen LogP contribution in [-0.4, -0.2) is 16.6 Å². The number of thioether (sulfide) groups is 1. The van der Waals surface area contributed by atoms with Crippen LogP contribution in [0.1, 0.15) is 16.5 Å². The molecule has 0 spiro atoms. The first-order chi connectivity index (χ1) is 5.38. The van der Waals surface area contributed by atoms with E-state index in [1.54, 1.807) is 11.3 Å². The van der Waals surface area contributed by atoms with Crippen LogP contribution in [0, 0.1) is 0 Å². The van der Waals surface area contributed by atoms with Gasteiger partial charge in [-0.3, -0.25) is 0 Å². The quantitative estimate of drug-likeness (QED) is 0.669. The van der Waals surface area contributed by atoms with Gasteiger partial charge in [-0.2, -0.15) is 11.8 Å². The zero-order valence-corrected chi connectivity index (χ0v) is 7.75. The molecule has 0 aliphatic carbocycles. The van der Waals surface area contributed by atoms with Crippen molar-refractivity contribution in [3.63, 3.8) is 0 Å². The average molecular weight is 186 g/mol. The lowest BCUT2D eigenvalue weighted by Gasteiger charge is -2.04. The maximum absolute atomic E-state index is 9.62. The molecule has 1 aliphatic rings. The number of rotatable bonds is 0. The minimum absolute atomic E-state index is 0.211. The highest BCUT2D eigenvalue weighted by molar-refractivity contribution is 7.99. The molecule has 1 N–H and O–H groups in total. The highest BCUT2D eigenvalue weighted by atomic mass is 32.2. The molecule has 2 rings (SSSR count). The van der Waals surface area contributed by atoms with Crippen molar-refractivity contribution in [3.8, 4) is 0 Å². The molecule has 60 valence electrons. The molecule has 2 heterocycles. The van der Waals surface area contributed by atoms with Gasteiger partial charge in [0.2, 0.25) is 0 Å². The predicted molar refractivity (Wildman–Crippen MR) is 50.3 cm³/mol. The Labute approximate surface area is 74.4 Å². The van der Waals surface area contributed by atoms with Crippen molar-refractivity contribution in [2.24, 2.45) is 0 Å². The fourth-order valence-corrected chi connectivity index (χ4v) is 3.27. The van der Waals surface area contributed by atoms with E-state index in [2.05, 4.69) is 11.4 Å². The van der Waals surface area contributed by atoms with E-state index in [9.17, 15) is 5.11 Å². The molecule has 0 radical (unpaired) electrons. The number of aliphatic hydroxyl groups is 1. The SMILES string of the molecule is OC1CSCCc2ccsc21. The fourth-order valence-electron chi connectivity index (χ4n) is 1.30. The minimum atomic E-state index is -0.211. The van der Waals surface area contributed by atoms with Gasteiger partial charge in [0, 0.05) is 10.6 Å². The lowest BCUT2D eigenvalue weighted by atomic mass is 10.1. The monoisotopic (exact) mass is 186 g/mol. The van der Waals surface area contributed by atoms with E-state index in [0.29, 0.717) is 0 Å². The Kier molecular flexibility index (Phi) is 2.20. The summed E-state index contributed by atoms with van der Waals surface area (Å²) in [6, 6.07) is 2.13. The van der Waals surface area contributed by atoms with Crippen molar-refractivity contribution in [2.75, 3.05) is 11.5 Å². The predicted octanol–water partition coefficient (Wildman–Crippen LogP) is 2.07. The summed E-state index contributed by atoms with van der Waals surface area (Å²) < 4.78 is 0. The summed E-state index contributed by atoms with van der Waals surface area (Å²) in [5.74, 6) is 2.02. The third kappa shape index (κ3) is 1.45. The van der Waals surface area contributed by atoms with E-state index in [4.69, 9.17) is 0 Å². The van der Waals surface area contributed by atoms with Gasteiger partial charge in [0.05, 0.1) is 6.10 Å². The van der Waals surface area contributed by atoms with Gasteiger partial charge in [-0.15, -0.1) is 11.3 Å². The number of hydrogen-bond donors (Lipinski definition) is 1. The van der Waals surface area contributed by atoms with Gasteiger partial charge >= 0.3 is 0 Å². The van der Waals surface area contributed by atoms with Crippen molar-refractivity contribution >= 4 is 23.1 Å². The summed E-state index contributed by atoms with van der Waals surface area (Å²) in [5.41, 5.74) is 1.35. The first-order valence-corrected chi connectivity index (χ1v) is 5.73. The van der Waals surface area contributed by atoms with Gasteiger partial charge in [-0.05, 0) is 29.2 Å². The van der Waals surface area contributed by atoms with Crippen molar-refractivity contribution in [1.29, 1.82) is 0 Å². The Morgan fingerprint density at radius 2 is 2.45 bits per heavy atom. The second-order valence-corrected chi connectivity index (χ2v) is 4.75. The van der Waals surface area contributed by atoms with Crippen molar-refractivity contribution in [1.82, 2.24) is 0 Å². The van der Waals surface area contributed by atoms with Crippen LogP contribution in [0.2, 0.25) is 0 Å². The Balaban J connectivity index is 2.34. The normalized spacial score (nSPS) is 24.3. The molecule has 1 atom stereocenters. The minimum Gasteiger partial charge on any atom is -0.387 e. The zero-order chi connectivity index (χ0) is 7.68. The maximum atomic E-state index is 9.62. The third-order valence-corrected chi connectivity index (χ3v) is 3.98. The van der Waals surface area contributed by atoms with E-state index in [0.717, 1.165) is 17.9 Å². The molecule has 0 amide bonds. The lowest BCUT2D eigenvalue weighted by molar-refractivity contribution is 0.208. The summed E-state index contributed by atoms with van der Waals surface area (Å²) in [6.07, 6.45) is 0.915. The molecule has 1 aromatic rings. The summed E-state index contributed by atoms with van der Waals surface area (Å²) in [4.78, 5) is 1.19. The molecule has 1 unspecified atom stereocenters. The summed E-state index contributed by atoms with van der Waals surface area (Å²) in [6.45, 7) is 0. The molecule has 0 saturated heterocycles. The van der Waals surface area contributed by atoms with Crippen LogP contribution < -0.4 is 0 Å².